The van der Waals surface area contributed by atoms with Crippen LogP contribution in [-0.2, 0) is 14.3 Å². The van der Waals surface area contributed by atoms with E-state index in [0.29, 0.717) is 0 Å². The molecule has 13 heavy (non-hydrogen) atoms. The fourth-order valence-corrected chi connectivity index (χ4v) is 1.39. The van der Waals surface area contributed by atoms with Crippen molar-refractivity contribution in [2.24, 2.45) is 5.92 Å². The third-order valence-electron chi connectivity index (χ3n) is 2.18. The van der Waals surface area contributed by atoms with Crippen LogP contribution >= 0.6 is 0 Å². The number of esters is 1. The molecule has 1 rings (SSSR count). The fraction of sp³-hybridized carbons (Fsp3) is 0.778. The molecule has 4 heteroatoms. The molecule has 0 amide bonds. The van der Waals surface area contributed by atoms with Gasteiger partial charge in [-0.1, -0.05) is 6.92 Å². The van der Waals surface area contributed by atoms with Gasteiger partial charge in [-0.25, -0.2) is 0 Å². The zero-order valence-corrected chi connectivity index (χ0v) is 7.99. The monoisotopic (exact) mass is 186 g/mol. The lowest BCUT2D eigenvalue weighted by atomic mass is 10.1. The van der Waals surface area contributed by atoms with Gasteiger partial charge in [0.05, 0.1) is 19.1 Å². The number of hydrogen-bond acceptors (Lipinski definition) is 4. The van der Waals surface area contributed by atoms with Crippen LogP contribution < -0.4 is 0 Å². The summed E-state index contributed by atoms with van der Waals surface area (Å²) in [5, 5.41) is 0. The molecular weight excluding hydrogens is 170 g/mol. The average molecular weight is 186 g/mol. The zero-order chi connectivity index (χ0) is 9.68. The molecule has 4 nitrogen and oxygen atoms in total. The molecule has 0 aliphatic carbocycles. The van der Waals surface area contributed by atoms with Gasteiger partial charge in [0, 0.05) is 19.6 Å². The van der Waals surface area contributed by atoms with E-state index in [-0.39, 0.29) is 11.9 Å². The minimum atomic E-state index is -0.244. The standard InChI is InChI=1S/C9H16NO3/c1-8(9(11)12-2)7-10-3-5-13-6-4-10/h8H,2-7H2,1H3. The van der Waals surface area contributed by atoms with E-state index < -0.39 is 0 Å². The number of carbonyl (C=O) groups excluding carboxylic acids is 1. The highest BCUT2D eigenvalue weighted by atomic mass is 16.5. The van der Waals surface area contributed by atoms with E-state index in [1.54, 1.807) is 0 Å². The Morgan fingerprint density at radius 1 is 1.62 bits per heavy atom. The van der Waals surface area contributed by atoms with Crippen molar-refractivity contribution in [3.8, 4) is 0 Å². The summed E-state index contributed by atoms with van der Waals surface area (Å²) in [7, 11) is 3.11. The molecule has 75 valence electrons. The predicted molar refractivity (Wildman–Crippen MR) is 47.9 cm³/mol. The molecule has 0 N–H and O–H groups in total. The van der Waals surface area contributed by atoms with Crippen molar-refractivity contribution in [2.45, 2.75) is 6.92 Å². The van der Waals surface area contributed by atoms with Crippen molar-refractivity contribution >= 4 is 5.97 Å². The van der Waals surface area contributed by atoms with E-state index in [1.165, 1.54) is 0 Å². The Labute approximate surface area is 78.8 Å². The minimum absolute atomic E-state index is 0.101. The van der Waals surface area contributed by atoms with Crippen molar-refractivity contribution in [1.29, 1.82) is 0 Å². The maximum Gasteiger partial charge on any atom is 0.310 e. The molecule has 1 atom stereocenters. The highest BCUT2D eigenvalue weighted by Crippen LogP contribution is 2.04. The summed E-state index contributed by atoms with van der Waals surface area (Å²) in [6, 6.07) is 0. The van der Waals surface area contributed by atoms with Gasteiger partial charge in [0.1, 0.15) is 7.11 Å². The summed E-state index contributed by atoms with van der Waals surface area (Å²) in [6.07, 6.45) is 0. The number of ether oxygens (including phenoxy) is 2. The Balaban J connectivity index is 2.25. The van der Waals surface area contributed by atoms with Gasteiger partial charge in [-0.15, -0.1) is 0 Å². The number of hydrogen-bond donors (Lipinski definition) is 0. The quantitative estimate of drug-likeness (QED) is 0.594. The minimum Gasteiger partial charge on any atom is -0.462 e. The highest BCUT2D eigenvalue weighted by molar-refractivity contribution is 5.72. The van der Waals surface area contributed by atoms with Crippen molar-refractivity contribution in [1.82, 2.24) is 4.90 Å². The number of carbonyl (C=O) groups is 1. The van der Waals surface area contributed by atoms with Gasteiger partial charge in [-0.05, 0) is 0 Å². The van der Waals surface area contributed by atoms with Crippen molar-refractivity contribution in [2.75, 3.05) is 32.8 Å². The second-order valence-electron chi connectivity index (χ2n) is 3.28. The molecule has 1 radical (unpaired) electrons. The molecule has 1 heterocycles. The number of morpholine rings is 1. The third kappa shape index (κ3) is 3.32. The lowest BCUT2D eigenvalue weighted by Crippen LogP contribution is -2.40. The summed E-state index contributed by atoms with van der Waals surface area (Å²) in [4.78, 5) is 13.2. The van der Waals surface area contributed by atoms with Crippen molar-refractivity contribution in [3.05, 3.63) is 7.11 Å². The Kier molecular flexibility index (Phi) is 4.18. The van der Waals surface area contributed by atoms with Crippen LogP contribution in [0.1, 0.15) is 6.92 Å². The van der Waals surface area contributed by atoms with Crippen LogP contribution in [-0.4, -0.2) is 43.7 Å². The summed E-state index contributed by atoms with van der Waals surface area (Å²) < 4.78 is 9.60. The van der Waals surface area contributed by atoms with Gasteiger partial charge >= 0.3 is 5.97 Å². The Morgan fingerprint density at radius 2 is 2.23 bits per heavy atom. The maximum absolute atomic E-state index is 11.0. The van der Waals surface area contributed by atoms with E-state index in [2.05, 4.69) is 16.7 Å². The molecule has 0 aromatic carbocycles. The first-order valence-electron chi connectivity index (χ1n) is 4.50. The molecule has 0 aromatic heterocycles. The Morgan fingerprint density at radius 3 is 2.77 bits per heavy atom. The number of rotatable bonds is 3. The van der Waals surface area contributed by atoms with E-state index in [1.807, 2.05) is 6.92 Å². The molecule has 0 spiro atoms. The number of nitrogens with zero attached hydrogens (tertiary/aromatic N) is 1. The van der Waals surface area contributed by atoms with Crippen molar-refractivity contribution in [3.63, 3.8) is 0 Å². The topological polar surface area (TPSA) is 38.8 Å². The lowest BCUT2D eigenvalue weighted by Gasteiger charge is -2.28. The zero-order valence-electron chi connectivity index (χ0n) is 7.99. The van der Waals surface area contributed by atoms with Crippen molar-refractivity contribution < 1.29 is 14.3 Å². The maximum atomic E-state index is 11.0. The molecule has 1 aliphatic rings. The lowest BCUT2D eigenvalue weighted by molar-refractivity contribution is -0.143. The molecule has 0 saturated carbocycles. The Bertz CT molecular complexity index is 166. The summed E-state index contributed by atoms with van der Waals surface area (Å²) in [6.45, 7) is 5.89. The van der Waals surface area contributed by atoms with Crippen LogP contribution in [0.4, 0.5) is 0 Å². The van der Waals surface area contributed by atoms with Crippen LogP contribution in [0.5, 0.6) is 0 Å². The first-order valence-corrected chi connectivity index (χ1v) is 4.50. The fourth-order valence-electron chi connectivity index (χ4n) is 1.39. The first kappa shape index (κ1) is 10.5. The van der Waals surface area contributed by atoms with E-state index in [4.69, 9.17) is 4.74 Å². The van der Waals surface area contributed by atoms with Gasteiger partial charge < -0.3 is 9.47 Å². The smallest absolute Gasteiger partial charge is 0.310 e. The predicted octanol–water partition coefficient (Wildman–Crippen LogP) is 0.289. The molecule has 1 fully saturated rings. The molecular formula is C9H16NO3. The van der Waals surface area contributed by atoms with E-state index in [0.717, 1.165) is 32.8 Å². The molecule has 0 bridgehead atoms. The van der Waals surface area contributed by atoms with Gasteiger partial charge in [0.2, 0.25) is 0 Å². The highest BCUT2D eigenvalue weighted by Gasteiger charge is 2.18. The van der Waals surface area contributed by atoms with Crippen LogP contribution in [0.3, 0.4) is 0 Å². The Hall–Kier alpha value is -0.610. The molecule has 1 aliphatic heterocycles. The molecule has 1 saturated heterocycles. The SMILES string of the molecule is [CH2]OC(=O)C(C)CN1CCOCC1. The van der Waals surface area contributed by atoms with Gasteiger partial charge in [-0.2, -0.15) is 0 Å². The molecule has 1 unspecified atom stereocenters. The second-order valence-corrected chi connectivity index (χ2v) is 3.28. The van der Waals surface area contributed by atoms with E-state index >= 15 is 0 Å². The summed E-state index contributed by atoms with van der Waals surface area (Å²) in [5.74, 6) is -0.345. The van der Waals surface area contributed by atoms with Crippen LogP contribution in [0.15, 0.2) is 0 Å². The van der Waals surface area contributed by atoms with Crippen LogP contribution in [0, 0.1) is 13.0 Å². The van der Waals surface area contributed by atoms with Crippen LogP contribution in [0.2, 0.25) is 0 Å². The van der Waals surface area contributed by atoms with Crippen LogP contribution in [0.25, 0.3) is 0 Å². The van der Waals surface area contributed by atoms with Gasteiger partial charge in [0.15, 0.2) is 0 Å². The second kappa shape index (κ2) is 5.19. The normalized spacial score (nSPS) is 21.1. The van der Waals surface area contributed by atoms with E-state index in [9.17, 15) is 4.79 Å². The summed E-state index contributed by atoms with van der Waals surface area (Å²) >= 11 is 0. The molecule has 0 aromatic rings. The largest absolute Gasteiger partial charge is 0.462 e. The summed E-state index contributed by atoms with van der Waals surface area (Å²) in [5.41, 5.74) is 0. The van der Waals surface area contributed by atoms with Gasteiger partial charge in [0.25, 0.3) is 0 Å². The third-order valence-corrected chi connectivity index (χ3v) is 2.18. The first-order chi connectivity index (χ1) is 6.24. The van der Waals surface area contributed by atoms with Gasteiger partial charge in [-0.3, -0.25) is 9.69 Å². The average Bonchev–Trinajstić information content (AvgIpc) is 2.18.